The third kappa shape index (κ3) is 4.80. The van der Waals surface area contributed by atoms with Gasteiger partial charge in [-0.15, -0.1) is 0 Å². The Balaban J connectivity index is 2.03. The highest BCUT2D eigenvalue weighted by atomic mass is 79.9. The van der Waals surface area contributed by atoms with Gasteiger partial charge in [-0.3, -0.25) is 0 Å². The molecule has 0 amide bonds. The van der Waals surface area contributed by atoms with Crippen molar-refractivity contribution < 1.29 is 4.42 Å². The SMILES string of the molecule is CC(C)NCC(Cc1ccco1)Cc1ccccc1Br. The summed E-state index contributed by atoms with van der Waals surface area (Å²) >= 11 is 3.64. The predicted molar refractivity (Wildman–Crippen MR) is 86.9 cm³/mol. The molecule has 0 bridgehead atoms. The molecule has 2 aromatic rings. The van der Waals surface area contributed by atoms with Crippen LogP contribution in [-0.4, -0.2) is 12.6 Å². The van der Waals surface area contributed by atoms with Crippen LogP contribution in [0.3, 0.4) is 0 Å². The first-order chi connectivity index (χ1) is 9.65. The van der Waals surface area contributed by atoms with Gasteiger partial charge in [0.1, 0.15) is 5.76 Å². The lowest BCUT2D eigenvalue weighted by Gasteiger charge is -2.19. The molecule has 2 rings (SSSR count). The Hall–Kier alpha value is -1.06. The number of rotatable bonds is 7. The zero-order valence-corrected chi connectivity index (χ0v) is 13.7. The molecule has 0 aliphatic carbocycles. The second-order valence-corrected chi connectivity index (χ2v) is 6.36. The molecule has 108 valence electrons. The van der Waals surface area contributed by atoms with Crippen LogP contribution in [0.25, 0.3) is 0 Å². The Morgan fingerprint density at radius 1 is 1.10 bits per heavy atom. The third-order valence-corrected chi connectivity index (χ3v) is 4.12. The standard InChI is InChI=1S/C17H22BrNO/c1-13(2)19-12-14(11-16-7-5-9-20-16)10-15-6-3-4-8-17(15)18/h3-9,13-14,19H,10-12H2,1-2H3. The van der Waals surface area contributed by atoms with Crippen LogP contribution in [0.2, 0.25) is 0 Å². The largest absolute Gasteiger partial charge is 0.469 e. The van der Waals surface area contributed by atoms with E-state index in [1.165, 1.54) is 10.0 Å². The van der Waals surface area contributed by atoms with E-state index in [2.05, 4.69) is 65.4 Å². The van der Waals surface area contributed by atoms with Crippen LogP contribution in [0.5, 0.6) is 0 Å². The van der Waals surface area contributed by atoms with Gasteiger partial charge in [0.15, 0.2) is 0 Å². The van der Waals surface area contributed by atoms with Crippen LogP contribution in [-0.2, 0) is 12.8 Å². The number of furan rings is 1. The summed E-state index contributed by atoms with van der Waals surface area (Å²) in [6.45, 7) is 5.37. The highest BCUT2D eigenvalue weighted by Gasteiger charge is 2.14. The monoisotopic (exact) mass is 335 g/mol. The van der Waals surface area contributed by atoms with Crippen molar-refractivity contribution in [2.45, 2.75) is 32.7 Å². The maximum Gasteiger partial charge on any atom is 0.104 e. The fraction of sp³-hybridized carbons (Fsp3) is 0.412. The van der Waals surface area contributed by atoms with Crippen molar-refractivity contribution in [2.75, 3.05) is 6.54 Å². The van der Waals surface area contributed by atoms with Gasteiger partial charge in [-0.05, 0) is 42.6 Å². The summed E-state index contributed by atoms with van der Waals surface area (Å²) < 4.78 is 6.69. The molecule has 1 N–H and O–H groups in total. The molecule has 0 radical (unpaired) electrons. The van der Waals surface area contributed by atoms with E-state index >= 15 is 0 Å². The molecule has 2 nitrogen and oxygen atoms in total. The molecule has 1 unspecified atom stereocenters. The number of hydrogen-bond donors (Lipinski definition) is 1. The summed E-state index contributed by atoms with van der Waals surface area (Å²) in [5.41, 5.74) is 1.36. The second-order valence-electron chi connectivity index (χ2n) is 5.51. The minimum absolute atomic E-state index is 0.508. The zero-order chi connectivity index (χ0) is 14.4. The first kappa shape index (κ1) is 15.3. The maximum absolute atomic E-state index is 5.50. The van der Waals surface area contributed by atoms with E-state index in [4.69, 9.17) is 4.42 Å². The maximum atomic E-state index is 5.50. The molecule has 0 saturated heterocycles. The van der Waals surface area contributed by atoms with Gasteiger partial charge in [-0.2, -0.15) is 0 Å². The van der Waals surface area contributed by atoms with Crippen LogP contribution < -0.4 is 5.32 Å². The van der Waals surface area contributed by atoms with Gasteiger partial charge in [0.25, 0.3) is 0 Å². The third-order valence-electron chi connectivity index (χ3n) is 3.35. The van der Waals surface area contributed by atoms with E-state index in [9.17, 15) is 0 Å². The van der Waals surface area contributed by atoms with Crippen LogP contribution in [0.1, 0.15) is 25.2 Å². The second kappa shape index (κ2) is 7.65. The van der Waals surface area contributed by atoms with Crippen LogP contribution >= 0.6 is 15.9 Å². The van der Waals surface area contributed by atoms with Gasteiger partial charge < -0.3 is 9.73 Å². The van der Waals surface area contributed by atoms with Gasteiger partial charge >= 0.3 is 0 Å². The number of hydrogen-bond acceptors (Lipinski definition) is 2. The highest BCUT2D eigenvalue weighted by Crippen LogP contribution is 2.21. The average Bonchev–Trinajstić information content (AvgIpc) is 2.91. The van der Waals surface area contributed by atoms with Crippen molar-refractivity contribution in [3.8, 4) is 0 Å². The lowest BCUT2D eigenvalue weighted by Crippen LogP contribution is -2.31. The van der Waals surface area contributed by atoms with Crippen LogP contribution in [0.15, 0.2) is 51.6 Å². The lowest BCUT2D eigenvalue weighted by molar-refractivity contribution is 0.402. The Morgan fingerprint density at radius 2 is 1.90 bits per heavy atom. The molecule has 0 fully saturated rings. The summed E-state index contributed by atoms with van der Waals surface area (Å²) in [6, 6.07) is 13.0. The van der Waals surface area contributed by atoms with Gasteiger partial charge in [0.2, 0.25) is 0 Å². The fourth-order valence-corrected chi connectivity index (χ4v) is 2.75. The first-order valence-corrected chi connectivity index (χ1v) is 7.93. The molecule has 20 heavy (non-hydrogen) atoms. The van der Waals surface area contributed by atoms with Crippen molar-refractivity contribution in [1.29, 1.82) is 0 Å². The molecule has 3 heteroatoms. The van der Waals surface area contributed by atoms with E-state index < -0.39 is 0 Å². The number of halogens is 1. The molecule has 0 saturated carbocycles. The first-order valence-electron chi connectivity index (χ1n) is 7.14. The van der Waals surface area contributed by atoms with Gasteiger partial charge in [0, 0.05) is 16.9 Å². The average molecular weight is 336 g/mol. The molecular formula is C17H22BrNO. The van der Waals surface area contributed by atoms with E-state index in [1.54, 1.807) is 6.26 Å². The molecule has 1 aromatic heterocycles. The highest BCUT2D eigenvalue weighted by molar-refractivity contribution is 9.10. The predicted octanol–water partition coefficient (Wildman–Crippen LogP) is 4.44. The summed E-state index contributed by atoms with van der Waals surface area (Å²) in [5.74, 6) is 1.59. The van der Waals surface area contributed by atoms with Crippen molar-refractivity contribution in [1.82, 2.24) is 5.32 Å². The molecule has 0 spiro atoms. The minimum atomic E-state index is 0.508. The van der Waals surface area contributed by atoms with Crippen molar-refractivity contribution in [2.24, 2.45) is 5.92 Å². The van der Waals surface area contributed by atoms with Gasteiger partial charge in [0.05, 0.1) is 6.26 Å². The number of nitrogens with one attached hydrogen (secondary N) is 1. The molecule has 1 aromatic carbocycles. The van der Waals surface area contributed by atoms with E-state index in [0.29, 0.717) is 12.0 Å². The number of benzene rings is 1. The summed E-state index contributed by atoms with van der Waals surface area (Å²) in [4.78, 5) is 0. The quantitative estimate of drug-likeness (QED) is 0.809. The van der Waals surface area contributed by atoms with E-state index in [1.807, 2.05) is 6.07 Å². The van der Waals surface area contributed by atoms with Gasteiger partial charge in [-0.25, -0.2) is 0 Å². The van der Waals surface area contributed by atoms with Crippen LogP contribution in [0, 0.1) is 5.92 Å². The zero-order valence-electron chi connectivity index (χ0n) is 12.1. The van der Waals surface area contributed by atoms with E-state index in [-0.39, 0.29) is 0 Å². The van der Waals surface area contributed by atoms with Crippen molar-refractivity contribution >= 4 is 15.9 Å². The van der Waals surface area contributed by atoms with Crippen molar-refractivity contribution in [3.05, 3.63) is 58.5 Å². The van der Waals surface area contributed by atoms with Crippen molar-refractivity contribution in [3.63, 3.8) is 0 Å². The molecule has 0 aliphatic heterocycles. The minimum Gasteiger partial charge on any atom is -0.469 e. The summed E-state index contributed by atoms with van der Waals surface area (Å²) in [5, 5.41) is 3.54. The molecule has 1 atom stereocenters. The Labute approximate surface area is 129 Å². The van der Waals surface area contributed by atoms with E-state index in [0.717, 1.165) is 25.1 Å². The molecule has 0 aliphatic rings. The Kier molecular flexibility index (Phi) is 5.86. The Bertz CT molecular complexity index is 507. The molecule has 1 heterocycles. The summed E-state index contributed by atoms with van der Waals surface area (Å²) in [7, 11) is 0. The fourth-order valence-electron chi connectivity index (χ4n) is 2.31. The lowest BCUT2D eigenvalue weighted by atomic mass is 9.94. The Morgan fingerprint density at radius 3 is 2.55 bits per heavy atom. The summed E-state index contributed by atoms with van der Waals surface area (Å²) in [6.07, 6.45) is 3.76. The molecular weight excluding hydrogens is 314 g/mol. The van der Waals surface area contributed by atoms with Gasteiger partial charge in [-0.1, -0.05) is 48.0 Å². The smallest absolute Gasteiger partial charge is 0.104 e. The topological polar surface area (TPSA) is 25.2 Å². The normalized spacial score (nSPS) is 12.8. The van der Waals surface area contributed by atoms with Crippen LogP contribution in [0.4, 0.5) is 0 Å².